The van der Waals surface area contributed by atoms with Crippen LogP contribution in [0.2, 0.25) is 18.1 Å². The zero-order chi connectivity index (χ0) is 12.1. The SMILES string of the molecule is C[C@H](CCCO)CO[Si](C)(C)C(C)(C)C. The Morgan fingerprint density at radius 3 is 2.20 bits per heavy atom. The Bertz CT molecular complexity index is 173. The smallest absolute Gasteiger partial charge is 0.191 e. The van der Waals surface area contributed by atoms with Crippen LogP contribution in [0.25, 0.3) is 0 Å². The van der Waals surface area contributed by atoms with Crippen molar-refractivity contribution in [2.45, 2.75) is 58.7 Å². The van der Waals surface area contributed by atoms with E-state index in [1.54, 1.807) is 0 Å². The maximum absolute atomic E-state index is 8.74. The number of hydrogen-bond donors (Lipinski definition) is 1. The summed E-state index contributed by atoms with van der Waals surface area (Å²) in [5.41, 5.74) is 0. The number of aliphatic hydroxyl groups is 1. The van der Waals surface area contributed by atoms with E-state index >= 15 is 0 Å². The van der Waals surface area contributed by atoms with Crippen LogP contribution in [0.3, 0.4) is 0 Å². The van der Waals surface area contributed by atoms with Crippen molar-refractivity contribution in [1.82, 2.24) is 0 Å². The molecule has 0 fully saturated rings. The molecule has 0 aliphatic rings. The lowest BCUT2D eigenvalue weighted by atomic mass is 10.1. The van der Waals surface area contributed by atoms with Crippen LogP contribution in [0.4, 0.5) is 0 Å². The van der Waals surface area contributed by atoms with Gasteiger partial charge in [-0.2, -0.15) is 0 Å². The van der Waals surface area contributed by atoms with Gasteiger partial charge >= 0.3 is 0 Å². The van der Waals surface area contributed by atoms with Crippen LogP contribution in [-0.4, -0.2) is 26.6 Å². The van der Waals surface area contributed by atoms with Crippen molar-refractivity contribution in [3.05, 3.63) is 0 Å². The molecule has 0 spiro atoms. The normalized spacial score (nSPS) is 15.4. The highest BCUT2D eigenvalue weighted by molar-refractivity contribution is 6.74. The predicted octanol–water partition coefficient (Wildman–Crippen LogP) is 3.42. The lowest BCUT2D eigenvalue weighted by Crippen LogP contribution is -2.41. The molecule has 1 N–H and O–H groups in total. The van der Waals surface area contributed by atoms with Gasteiger partial charge in [0.15, 0.2) is 8.32 Å². The van der Waals surface area contributed by atoms with E-state index in [0.29, 0.717) is 17.6 Å². The van der Waals surface area contributed by atoms with Gasteiger partial charge < -0.3 is 9.53 Å². The van der Waals surface area contributed by atoms with Crippen molar-refractivity contribution in [1.29, 1.82) is 0 Å². The fourth-order valence-electron chi connectivity index (χ4n) is 1.09. The Kier molecular flexibility index (Phi) is 6.07. The van der Waals surface area contributed by atoms with E-state index in [-0.39, 0.29) is 0 Å². The molecule has 0 aromatic heterocycles. The van der Waals surface area contributed by atoms with Crippen LogP contribution >= 0.6 is 0 Å². The molecule has 0 aliphatic carbocycles. The second-order valence-electron chi connectivity index (χ2n) is 6.04. The minimum Gasteiger partial charge on any atom is -0.417 e. The molecule has 0 aromatic rings. The summed E-state index contributed by atoms with van der Waals surface area (Å²) in [5.74, 6) is 0.561. The maximum atomic E-state index is 8.74. The average molecular weight is 232 g/mol. The summed E-state index contributed by atoms with van der Waals surface area (Å²) >= 11 is 0. The highest BCUT2D eigenvalue weighted by Crippen LogP contribution is 2.36. The third-order valence-electron chi connectivity index (χ3n) is 3.39. The van der Waals surface area contributed by atoms with E-state index in [9.17, 15) is 0 Å². The van der Waals surface area contributed by atoms with Crippen LogP contribution in [0.1, 0.15) is 40.5 Å². The van der Waals surface area contributed by atoms with Gasteiger partial charge in [-0.1, -0.05) is 27.7 Å². The van der Waals surface area contributed by atoms with Crippen molar-refractivity contribution < 1.29 is 9.53 Å². The number of hydrogen-bond acceptors (Lipinski definition) is 2. The first-order valence-corrected chi connectivity index (χ1v) is 8.86. The van der Waals surface area contributed by atoms with E-state index in [0.717, 1.165) is 19.4 Å². The minimum absolute atomic E-state index is 0.295. The lowest BCUT2D eigenvalue weighted by Gasteiger charge is -2.37. The zero-order valence-electron chi connectivity index (χ0n) is 11.3. The summed E-state index contributed by atoms with van der Waals surface area (Å²) in [6.07, 6.45) is 1.95. The lowest BCUT2D eigenvalue weighted by molar-refractivity contribution is 0.213. The first-order chi connectivity index (χ1) is 6.70. The maximum Gasteiger partial charge on any atom is 0.191 e. The first kappa shape index (κ1) is 15.1. The number of rotatable bonds is 6. The van der Waals surface area contributed by atoms with Gasteiger partial charge in [0.2, 0.25) is 0 Å². The molecule has 15 heavy (non-hydrogen) atoms. The summed E-state index contributed by atoms with van der Waals surface area (Å²) in [7, 11) is -1.57. The molecule has 0 unspecified atom stereocenters. The predicted molar refractivity (Wildman–Crippen MR) is 68.6 cm³/mol. The Hall–Kier alpha value is 0.137. The molecule has 0 saturated heterocycles. The molecule has 0 aromatic carbocycles. The summed E-state index contributed by atoms with van der Waals surface area (Å²) < 4.78 is 6.11. The molecule has 0 radical (unpaired) electrons. The summed E-state index contributed by atoms with van der Waals surface area (Å²) in [4.78, 5) is 0. The molecule has 2 nitrogen and oxygen atoms in total. The second kappa shape index (κ2) is 6.02. The van der Waals surface area contributed by atoms with E-state index in [2.05, 4.69) is 40.8 Å². The summed E-state index contributed by atoms with van der Waals surface area (Å²) in [5, 5.41) is 9.04. The van der Waals surface area contributed by atoms with Gasteiger partial charge in [0.1, 0.15) is 0 Å². The van der Waals surface area contributed by atoms with E-state index in [1.165, 1.54) is 0 Å². The summed E-state index contributed by atoms with van der Waals surface area (Å²) in [6, 6.07) is 0. The van der Waals surface area contributed by atoms with Crippen molar-refractivity contribution in [2.24, 2.45) is 5.92 Å². The van der Waals surface area contributed by atoms with Crippen LogP contribution in [-0.2, 0) is 4.43 Å². The molecule has 0 rings (SSSR count). The Morgan fingerprint density at radius 1 is 1.27 bits per heavy atom. The molecule has 1 atom stereocenters. The fraction of sp³-hybridized carbons (Fsp3) is 1.00. The van der Waals surface area contributed by atoms with Crippen LogP contribution in [0, 0.1) is 5.92 Å². The van der Waals surface area contributed by atoms with Gasteiger partial charge in [-0.3, -0.25) is 0 Å². The van der Waals surface area contributed by atoms with Crippen LogP contribution in [0.5, 0.6) is 0 Å². The van der Waals surface area contributed by atoms with Crippen LogP contribution in [0.15, 0.2) is 0 Å². The topological polar surface area (TPSA) is 29.5 Å². The van der Waals surface area contributed by atoms with Crippen molar-refractivity contribution in [3.8, 4) is 0 Å². The van der Waals surface area contributed by atoms with Crippen LogP contribution < -0.4 is 0 Å². The molecule has 3 heteroatoms. The summed E-state index contributed by atoms with van der Waals surface area (Å²) in [6.45, 7) is 14.7. The first-order valence-electron chi connectivity index (χ1n) is 5.95. The Labute approximate surface area is 96.2 Å². The van der Waals surface area contributed by atoms with Crippen molar-refractivity contribution >= 4 is 8.32 Å². The molecular formula is C12H28O2Si. The largest absolute Gasteiger partial charge is 0.417 e. The molecule has 0 bridgehead atoms. The molecule has 92 valence electrons. The third kappa shape index (κ3) is 5.69. The monoisotopic (exact) mass is 232 g/mol. The number of aliphatic hydroxyl groups excluding tert-OH is 1. The standard InChI is InChI=1S/C12H28O2Si/c1-11(8-7-9-13)10-14-15(5,6)12(2,3)4/h11,13H,7-10H2,1-6H3/t11-/m1/s1. The van der Waals surface area contributed by atoms with E-state index in [1.807, 2.05) is 0 Å². The van der Waals surface area contributed by atoms with E-state index in [4.69, 9.17) is 9.53 Å². The third-order valence-corrected chi connectivity index (χ3v) is 7.89. The highest BCUT2D eigenvalue weighted by Gasteiger charge is 2.37. The van der Waals surface area contributed by atoms with Crippen molar-refractivity contribution in [2.75, 3.05) is 13.2 Å². The van der Waals surface area contributed by atoms with E-state index < -0.39 is 8.32 Å². The molecule has 0 aliphatic heterocycles. The minimum atomic E-state index is -1.57. The Balaban J connectivity index is 3.93. The molecular weight excluding hydrogens is 204 g/mol. The second-order valence-corrected chi connectivity index (χ2v) is 10.9. The zero-order valence-corrected chi connectivity index (χ0v) is 12.3. The van der Waals surface area contributed by atoms with Gasteiger partial charge in [0.25, 0.3) is 0 Å². The quantitative estimate of drug-likeness (QED) is 0.711. The van der Waals surface area contributed by atoms with Gasteiger partial charge in [-0.15, -0.1) is 0 Å². The van der Waals surface area contributed by atoms with Gasteiger partial charge in [0, 0.05) is 13.2 Å². The van der Waals surface area contributed by atoms with Crippen molar-refractivity contribution in [3.63, 3.8) is 0 Å². The Morgan fingerprint density at radius 2 is 1.80 bits per heavy atom. The molecule has 0 saturated carbocycles. The molecule has 0 heterocycles. The average Bonchev–Trinajstić information content (AvgIpc) is 2.09. The van der Waals surface area contributed by atoms with Gasteiger partial charge in [0.05, 0.1) is 0 Å². The fourth-order valence-corrected chi connectivity index (χ4v) is 2.22. The molecule has 0 amide bonds. The van der Waals surface area contributed by atoms with Gasteiger partial charge in [-0.05, 0) is 36.9 Å². The highest BCUT2D eigenvalue weighted by atomic mass is 28.4. The van der Waals surface area contributed by atoms with Gasteiger partial charge in [-0.25, -0.2) is 0 Å².